The standard InChI is InChI=1S/C44H50FN9O6/c1-27-25-53(28(2)24-52(27)33-6-4-30(23-46)39(22-33)60-3)44(59)47-31-5-9-37(36(45)20-31)51-14-12-29(13-15-51)26-49-16-18-50(19-17-49)32-7-8-34-35(21-32)43(58)54(42(34)57)38-10-11-40(55)48-41(38)56/h4-9,20-22,27-29,38H,10-19,24-26H2,1-3H3,(H,47,59)(H,48,55,56)/t27-,28+,38?/m0/s1. The molecular formula is C44H50FN9O6. The van der Waals surface area contributed by atoms with Gasteiger partial charge in [-0.15, -0.1) is 0 Å². The van der Waals surface area contributed by atoms with E-state index in [1.54, 1.807) is 42.3 Å². The lowest BCUT2D eigenvalue weighted by molar-refractivity contribution is -0.136. The van der Waals surface area contributed by atoms with Crippen LogP contribution in [0.5, 0.6) is 5.75 Å². The van der Waals surface area contributed by atoms with Crippen molar-refractivity contribution in [3.8, 4) is 11.8 Å². The number of hydrogen-bond acceptors (Lipinski definition) is 11. The van der Waals surface area contributed by atoms with E-state index in [-0.39, 0.29) is 47.9 Å². The molecule has 60 heavy (non-hydrogen) atoms. The summed E-state index contributed by atoms with van der Waals surface area (Å²) in [5.41, 5.74) is 3.73. The zero-order chi connectivity index (χ0) is 42.2. The van der Waals surface area contributed by atoms with Crippen molar-refractivity contribution in [2.24, 2.45) is 5.92 Å². The molecule has 16 heteroatoms. The predicted molar refractivity (Wildman–Crippen MR) is 223 cm³/mol. The van der Waals surface area contributed by atoms with E-state index in [4.69, 9.17) is 4.74 Å². The molecule has 1 unspecified atom stereocenters. The molecule has 3 aromatic rings. The number of piperidine rings is 2. The normalized spacial score (nSPS) is 22.8. The molecule has 4 fully saturated rings. The summed E-state index contributed by atoms with van der Waals surface area (Å²) in [6.45, 7) is 10.7. The number of rotatable bonds is 8. The Labute approximate surface area is 348 Å². The second-order valence-electron chi connectivity index (χ2n) is 16.5. The number of hydrogen-bond donors (Lipinski definition) is 2. The van der Waals surface area contributed by atoms with Crippen LogP contribution in [0.3, 0.4) is 0 Å². The summed E-state index contributed by atoms with van der Waals surface area (Å²) in [5.74, 6) is -1.43. The van der Waals surface area contributed by atoms with Crippen molar-refractivity contribution in [3.63, 3.8) is 0 Å². The van der Waals surface area contributed by atoms with Gasteiger partial charge in [0.15, 0.2) is 0 Å². The van der Waals surface area contributed by atoms with E-state index >= 15 is 4.39 Å². The van der Waals surface area contributed by atoms with E-state index in [0.717, 1.165) is 74.9 Å². The fourth-order valence-corrected chi connectivity index (χ4v) is 9.32. The van der Waals surface area contributed by atoms with E-state index in [0.29, 0.717) is 41.7 Å². The van der Waals surface area contributed by atoms with Crippen LogP contribution in [0, 0.1) is 23.1 Å². The zero-order valence-corrected chi connectivity index (χ0v) is 34.2. The first-order valence-electron chi connectivity index (χ1n) is 20.7. The number of halogens is 1. The minimum absolute atomic E-state index is 0.00300. The molecule has 8 rings (SSSR count). The second kappa shape index (κ2) is 16.8. The van der Waals surface area contributed by atoms with Crippen LogP contribution in [-0.2, 0) is 9.59 Å². The average molecular weight is 820 g/mol. The van der Waals surface area contributed by atoms with Gasteiger partial charge in [-0.25, -0.2) is 9.18 Å². The van der Waals surface area contributed by atoms with Gasteiger partial charge in [-0.3, -0.25) is 34.3 Å². The molecular weight excluding hydrogens is 770 g/mol. The lowest BCUT2D eigenvalue weighted by Gasteiger charge is -2.45. The summed E-state index contributed by atoms with van der Waals surface area (Å²) in [6, 6.07) is 16.4. The number of piperazine rings is 2. The topological polar surface area (TPSA) is 162 Å². The summed E-state index contributed by atoms with van der Waals surface area (Å²) in [7, 11) is 1.54. The first-order valence-corrected chi connectivity index (χ1v) is 20.7. The molecule has 6 amide bonds. The molecule has 3 aromatic carbocycles. The molecule has 0 bridgehead atoms. The van der Waals surface area contributed by atoms with Crippen molar-refractivity contribution in [1.82, 2.24) is 20.0 Å². The van der Waals surface area contributed by atoms with Crippen LogP contribution in [0.25, 0.3) is 0 Å². The smallest absolute Gasteiger partial charge is 0.322 e. The van der Waals surface area contributed by atoms with Crippen molar-refractivity contribution < 1.29 is 33.1 Å². The molecule has 0 aromatic heterocycles. The Morgan fingerprint density at radius 1 is 0.850 bits per heavy atom. The van der Waals surface area contributed by atoms with Gasteiger partial charge in [0.1, 0.15) is 23.7 Å². The summed E-state index contributed by atoms with van der Waals surface area (Å²) >= 11 is 0. The van der Waals surface area contributed by atoms with Crippen LogP contribution >= 0.6 is 0 Å². The van der Waals surface area contributed by atoms with Crippen molar-refractivity contribution in [1.29, 1.82) is 5.26 Å². The SMILES string of the molecule is COc1cc(N2C[C@@H](C)N(C(=O)Nc3ccc(N4CCC(CN5CCN(c6ccc7c(c6)C(=O)N(C6CCC(=O)NC6=O)C7=O)CC5)CC4)c(F)c3)C[C@@H]2C)ccc1C#N. The molecule has 314 valence electrons. The molecule has 5 aliphatic heterocycles. The molecule has 2 N–H and O–H groups in total. The fraction of sp³-hybridized carbons (Fsp3) is 0.455. The molecule has 0 spiro atoms. The largest absolute Gasteiger partial charge is 0.495 e. The second-order valence-corrected chi connectivity index (χ2v) is 16.5. The van der Waals surface area contributed by atoms with Gasteiger partial charge in [0, 0.05) is 101 Å². The van der Waals surface area contributed by atoms with Crippen LogP contribution in [0.1, 0.15) is 65.8 Å². The highest BCUT2D eigenvalue weighted by Gasteiger charge is 2.45. The van der Waals surface area contributed by atoms with Gasteiger partial charge in [0.05, 0.1) is 29.5 Å². The van der Waals surface area contributed by atoms with Crippen LogP contribution in [0.4, 0.5) is 31.9 Å². The maximum absolute atomic E-state index is 15.6. The molecule has 15 nitrogen and oxygen atoms in total. The fourth-order valence-electron chi connectivity index (χ4n) is 9.32. The van der Waals surface area contributed by atoms with Crippen molar-refractivity contribution in [2.45, 2.75) is 57.7 Å². The lowest BCUT2D eigenvalue weighted by atomic mass is 9.95. The Hall–Kier alpha value is -6.21. The number of carbonyl (C=O) groups is 5. The highest BCUT2D eigenvalue weighted by molar-refractivity contribution is 6.23. The molecule has 0 aliphatic carbocycles. The highest BCUT2D eigenvalue weighted by Crippen LogP contribution is 2.33. The number of imide groups is 2. The monoisotopic (exact) mass is 819 g/mol. The number of ether oxygens (including phenoxy) is 1. The third kappa shape index (κ3) is 7.93. The van der Waals surface area contributed by atoms with Gasteiger partial charge in [-0.1, -0.05) is 0 Å². The van der Waals surface area contributed by atoms with Crippen LogP contribution < -0.4 is 30.1 Å². The van der Waals surface area contributed by atoms with Crippen molar-refractivity contribution in [3.05, 3.63) is 77.1 Å². The summed E-state index contributed by atoms with van der Waals surface area (Å²) < 4.78 is 21.0. The Morgan fingerprint density at radius 3 is 2.28 bits per heavy atom. The minimum atomic E-state index is -0.991. The molecule has 0 saturated carbocycles. The number of amides is 6. The summed E-state index contributed by atoms with van der Waals surface area (Å²) in [4.78, 5) is 75.7. The Kier molecular flexibility index (Phi) is 11.4. The van der Waals surface area contributed by atoms with Gasteiger partial charge in [0.2, 0.25) is 11.8 Å². The minimum Gasteiger partial charge on any atom is -0.495 e. The first-order chi connectivity index (χ1) is 28.9. The number of anilines is 4. The number of nitrogens with zero attached hydrogens (tertiary/aromatic N) is 7. The van der Waals surface area contributed by atoms with Crippen molar-refractivity contribution in [2.75, 3.05) is 86.0 Å². The average Bonchev–Trinajstić information content (AvgIpc) is 3.49. The van der Waals surface area contributed by atoms with E-state index < -0.39 is 29.7 Å². The molecule has 4 saturated heterocycles. The highest BCUT2D eigenvalue weighted by atomic mass is 19.1. The number of methoxy groups -OCH3 is 1. The Morgan fingerprint density at radius 2 is 1.58 bits per heavy atom. The summed E-state index contributed by atoms with van der Waals surface area (Å²) in [6.07, 6.45) is 2.06. The quantitative estimate of drug-likeness (QED) is 0.313. The van der Waals surface area contributed by atoms with Crippen molar-refractivity contribution >= 4 is 52.4 Å². The van der Waals surface area contributed by atoms with E-state index in [2.05, 4.69) is 36.3 Å². The number of fused-ring (bicyclic) bond motifs is 1. The maximum atomic E-state index is 15.6. The van der Waals surface area contributed by atoms with Gasteiger partial charge in [0.25, 0.3) is 11.8 Å². The lowest BCUT2D eigenvalue weighted by Crippen LogP contribution is -2.59. The molecule has 5 heterocycles. The predicted octanol–water partition coefficient (Wildman–Crippen LogP) is 4.28. The number of benzene rings is 3. The maximum Gasteiger partial charge on any atom is 0.322 e. The summed E-state index contributed by atoms with van der Waals surface area (Å²) in [5, 5.41) is 14.5. The van der Waals surface area contributed by atoms with Gasteiger partial charge >= 0.3 is 6.03 Å². The molecule has 5 aliphatic rings. The van der Waals surface area contributed by atoms with Crippen LogP contribution in [0.15, 0.2) is 54.6 Å². The number of nitrogens with one attached hydrogen (secondary N) is 2. The first kappa shape index (κ1) is 40.6. The third-order valence-electron chi connectivity index (χ3n) is 12.7. The van der Waals surface area contributed by atoms with Crippen LogP contribution in [-0.4, -0.2) is 128 Å². The molecule has 3 atom stereocenters. The number of nitriles is 1. The van der Waals surface area contributed by atoms with Gasteiger partial charge < -0.3 is 29.7 Å². The Bertz CT molecular complexity index is 2250. The van der Waals surface area contributed by atoms with E-state index in [1.807, 2.05) is 32.0 Å². The van der Waals surface area contributed by atoms with E-state index in [9.17, 15) is 29.2 Å². The van der Waals surface area contributed by atoms with E-state index in [1.165, 1.54) is 6.07 Å². The van der Waals surface area contributed by atoms with Gasteiger partial charge in [-0.05, 0) is 87.6 Å². The van der Waals surface area contributed by atoms with Gasteiger partial charge in [-0.2, -0.15) is 5.26 Å². The molecule has 0 radical (unpaired) electrons. The zero-order valence-electron chi connectivity index (χ0n) is 34.2. The van der Waals surface area contributed by atoms with Crippen LogP contribution in [0.2, 0.25) is 0 Å². The third-order valence-corrected chi connectivity index (χ3v) is 12.7. The number of carbonyl (C=O) groups excluding carboxylic acids is 5. The number of urea groups is 1. The Balaban J connectivity index is 0.793.